The molecule has 0 saturated heterocycles. The molecule has 0 aromatic heterocycles. The summed E-state index contributed by atoms with van der Waals surface area (Å²) in [4.78, 5) is -0.00570. The molecule has 2 unspecified atom stereocenters. The van der Waals surface area contributed by atoms with Gasteiger partial charge in [-0.05, 0) is 51.3 Å². The number of benzene rings is 1. The zero-order chi connectivity index (χ0) is 15.7. The molecular weight excluding hydrogens is 283 g/mol. The van der Waals surface area contributed by atoms with Crippen LogP contribution in [-0.4, -0.2) is 25.7 Å². The molecule has 5 nitrogen and oxygen atoms in total. The molecule has 1 rings (SSSR count). The SMILES string of the molecule is Cc1cc(F)c(N)c(C)c1S(=O)(=O)NC(C)CC(C)O. The lowest BCUT2D eigenvalue weighted by atomic mass is 10.1. The molecule has 0 fully saturated rings. The molecule has 0 spiro atoms. The minimum absolute atomic E-state index is 0.00570. The van der Waals surface area contributed by atoms with Crippen LogP contribution in [0.3, 0.4) is 0 Å². The minimum atomic E-state index is -3.81. The monoisotopic (exact) mass is 304 g/mol. The third-order valence-corrected chi connectivity index (χ3v) is 4.90. The molecule has 2 atom stereocenters. The van der Waals surface area contributed by atoms with Crippen molar-refractivity contribution in [1.29, 1.82) is 0 Å². The Morgan fingerprint density at radius 2 is 1.95 bits per heavy atom. The molecule has 114 valence electrons. The van der Waals surface area contributed by atoms with Crippen LogP contribution >= 0.6 is 0 Å². The first-order chi connectivity index (χ1) is 9.06. The zero-order valence-corrected chi connectivity index (χ0v) is 12.9. The summed E-state index contributed by atoms with van der Waals surface area (Å²) in [5, 5.41) is 9.28. The van der Waals surface area contributed by atoms with Gasteiger partial charge in [-0.25, -0.2) is 17.5 Å². The van der Waals surface area contributed by atoms with Crippen molar-refractivity contribution in [3.8, 4) is 0 Å². The van der Waals surface area contributed by atoms with Crippen LogP contribution < -0.4 is 10.5 Å². The maximum Gasteiger partial charge on any atom is 0.241 e. The third kappa shape index (κ3) is 3.68. The van der Waals surface area contributed by atoms with Gasteiger partial charge in [0.15, 0.2) is 0 Å². The van der Waals surface area contributed by atoms with Crippen LogP contribution in [-0.2, 0) is 10.0 Å². The highest BCUT2D eigenvalue weighted by atomic mass is 32.2. The van der Waals surface area contributed by atoms with Gasteiger partial charge in [-0.15, -0.1) is 0 Å². The highest BCUT2D eigenvalue weighted by molar-refractivity contribution is 7.89. The number of halogens is 1. The first kappa shape index (κ1) is 16.9. The maximum absolute atomic E-state index is 13.5. The number of aliphatic hydroxyl groups is 1. The van der Waals surface area contributed by atoms with Crippen LogP contribution in [0.4, 0.5) is 10.1 Å². The molecule has 7 heteroatoms. The summed E-state index contributed by atoms with van der Waals surface area (Å²) >= 11 is 0. The van der Waals surface area contributed by atoms with E-state index in [9.17, 15) is 17.9 Å². The van der Waals surface area contributed by atoms with Crippen molar-refractivity contribution >= 4 is 15.7 Å². The number of hydrogen-bond donors (Lipinski definition) is 3. The van der Waals surface area contributed by atoms with Crippen molar-refractivity contribution in [3.63, 3.8) is 0 Å². The van der Waals surface area contributed by atoms with Crippen LogP contribution in [0.1, 0.15) is 31.4 Å². The molecule has 0 bridgehead atoms. The summed E-state index contributed by atoms with van der Waals surface area (Å²) < 4.78 is 40.7. The second-order valence-electron chi connectivity index (χ2n) is 5.15. The van der Waals surface area contributed by atoms with Gasteiger partial charge in [0.2, 0.25) is 10.0 Å². The zero-order valence-electron chi connectivity index (χ0n) is 12.1. The van der Waals surface area contributed by atoms with Crippen LogP contribution in [0.25, 0.3) is 0 Å². The number of aryl methyl sites for hydroxylation is 1. The number of nitrogens with two attached hydrogens (primary N) is 1. The van der Waals surface area contributed by atoms with Gasteiger partial charge in [0.1, 0.15) is 5.82 Å². The lowest BCUT2D eigenvalue weighted by Crippen LogP contribution is -2.35. The topological polar surface area (TPSA) is 92.4 Å². The molecule has 0 aliphatic rings. The Labute approximate surface area is 119 Å². The van der Waals surface area contributed by atoms with E-state index in [2.05, 4.69) is 4.72 Å². The van der Waals surface area contributed by atoms with E-state index in [1.165, 1.54) is 13.8 Å². The maximum atomic E-state index is 13.5. The summed E-state index contributed by atoms with van der Waals surface area (Å²) in [5.74, 6) is -0.629. The number of aliphatic hydroxyl groups excluding tert-OH is 1. The fraction of sp³-hybridized carbons (Fsp3) is 0.538. The van der Waals surface area contributed by atoms with Gasteiger partial charge in [-0.1, -0.05) is 0 Å². The minimum Gasteiger partial charge on any atom is -0.396 e. The predicted octanol–water partition coefficient (Wildman–Crippen LogP) is 1.46. The van der Waals surface area contributed by atoms with Gasteiger partial charge in [-0.2, -0.15) is 0 Å². The second kappa shape index (κ2) is 6.07. The summed E-state index contributed by atoms with van der Waals surface area (Å²) in [5.41, 5.74) is 5.88. The molecule has 1 aromatic rings. The van der Waals surface area contributed by atoms with Crippen LogP contribution in [0.5, 0.6) is 0 Å². The Morgan fingerprint density at radius 3 is 2.45 bits per heavy atom. The number of nitrogens with one attached hydrogen (secondary N) is 1. The summed E-state index contributed by atoms with van der Waals surface area (Å²) in [6.45, 7) is 6.22. The fourth-order valence-electron chi connectivity index (χ4n) is 2.23. The third-order valence-electron chi connectivity index (χ3n) is 3.02. The smallest absolute Gasteiger partial charge is 0.241 e. The van der Waals surface area contributed by atoms with E-state index in [1.54, 1.807) is 13.8 Å². The standard InChI is InChI=1S/C13H21FN2O3S/c1-7-5-11(14)12(15)10(4)13(7)20(18,19)16-8(2)6-9(3)17/h5,8-9,16-17H,6,15H2,1-4H3. The molecule has 20 heavy (non-hydrogen) atoms. The molecule has 0 aliphatic carbocycles. The average molecular weight is 304 g/mol. The van der Waals surface area contributed by atoms with Crippen molar-refractivity contribution in [2.24, 2.45) is 0 Å². The van der Waals surface area contributed by atoms with Crippen molar-refractivity contribution < 1.29 is 17.9 Å². The Balaban J connectivity index is 3.20. The number of nitrogen functional groups attached to an aromatic ring is 1. The van der Waals surface area contributed by atoms with E-state index in [0.29, 0.717) is 5.56 Å². The Bertz CT molecular complexity index is 600. The van der Waals surface area contributed by atoms with E-state index in [1.807, 2.05) is 0 Å². The lowest BCUT2D eigenvalue weighted by molar-refractivity contribution is 0.175. The largest absolute Gasteiger partial charge is 0.396 e. The second-order valence-corrected chi connectivity index (χ2v) is 6.80. The molecule has 0 aliphatic heterocycles. The first-order valence-electron chi connectivity index (χ1n) is 6.31. The van der Waals surface area contributed by atoms with E-state index in [-0.39, 0.29) is 22.6 Å². The predicted molar refractivity (Wildman–Crippen MR) is 76.4 cm³/mol. The Kier molecular flexibility index (Phi) is 5.12. The summed E-state index contributed by atoms with van der Waals surface area (Å²) in [6.07, 6.45) is -0.332. The van der Waals surface area contributed by atoms with Gasteiger partial charge >= 0.3 is 0 Å². The highest BCUT2D eigenvalue weighted by Gasteiger charge is 2.24. The van der Waals surface area contributed by atoms with Gasteiger partial charge in [0.25, 0.3) is 0 Å². The number of anilines is 1. The lowest BCUT2D eigenvalue weighted by Gasteiger charge is -2.19. The van der Waals surface area contributed by atoms with Gasteiger partial charge in [-0.3, -0.25) is 0 Å². The van der Waals surface area contributed by atoms with Gasteiger partial charge in [0.05, 0.1) is 16.7 Å². The molecule has 0 amide bonds. The Morgan fingerprint density at radius 1 is 1.40 bits per heavy atom. The summed E-state index contributed by atoms with van der Waals surface area (Å²) in [6, 6.07) is 0.668. The normalized spacial score (nSPS) is 15.1. The van der Waals surface area contributed by atoms with Gasteiger partial charge in [0, 0.05) is 6.04 Å². The van der Waals surface area contributed by atoms with E-state index < -0.39 is 28.0 Å². The molecule has 0 heterocycles. The van der Waals surface area contributed by atoms with E-state index >= 15 is 0 Å². The molecule has 0 radical (unpaired) electrons. The van der Waals surface area contributed by atoms with Gasteiger partial charge < -0.3 is 10.8 Å². The molecule has 0 saturated carbocycles. The number of sulfonamides is 1. The van der Waals surface area contributed by atoms with E-state index in [0.717, 1.165) is 6.07 Å². The van der Waals surface area contributed by atoms with Crippen molar-refractivity contribution in [3.05, 3.63) is 23.0 Å². The molecular formula is C13H21FN2O3S. The summed E-state index contributed by atoms with van der Waals surface area (Å²) in [7, 11) is -3.81. The first-order valence-corrected chi connectivity index (χ1v) is 7.80. The van der Waals surface area contributed by atoms with Crippen molar-refractivity contribution in [2.45, 2.75) is 51.2 Å². The van der Waals surface area contributed by atoms with Crippen LogP contribution in [0, 0.1) is 19.7 Å². The highest BCUT2D eigenvalue weighted by Crippen LogP contribution is 2.27. The number of hydrogen-bond acceptors (Lipinski definition) is 4. The Hall–Kier alpha value is -1.18. The van der Waals surface area contributed by atoms with Crippen molar-refractivity contribution in [2.75, 3.05) is 5.73 Å². The quantitative estimate of drug-likeness (QED) is 0.718. The molecule has 4 N–H and O–H groups in total. The van der Waals surface area contributed by atoms with E-state index in [4.69, 9.17) is 5.73 Å². The molecule has 1 aromatic carbocycles. The average Bonchev–Trinajstić information content (AvgIpc) is 2.23. The van der Waals surface area contributed by atoms with Crippen molar-refractivity contribution in [1.82, 2.24) is 4.72 Å². The number of rotatable bonds is 5. The van der Waals surface area contributed by atoms with Crippen LogP contribution in [0.15, 0.2) is 11.0 Å². The fourth-order valence-corrected chi connectivity index (χ4v) is 3.97. The van der Waals surface area contributed by atoms with Crippen LogP contribution in [0.2, 0.25) is 0 Å².